The van der Waals surface area contributed by atoms with E-state index in [4.69, 9.17) is 0 Å². The minimum absolute atomic E-state index is 0.784. The highest BCUT2D eigenvalue weighted by molar-refractivity contribution is 8.09. The fourth-order valence-corrected chi connectivity index (χ4v) is 0.683. The first-order chi connectivity index (χ1) is 2.91. The summed E-state index contributed by atoms with van der Waals surface area (Å²) in [4.78, 5) is 0. The maximum Gasteiger partial charge on any atom is 0.0499 e. The van der Waals surface area contributed by atoms with Gasteiger partial charge in [-0.3, -0.25) is 0 Å². The standard InChI is InChI=1S/C4H7S2/c1-2-3-6-4-5/h2H,1,3-4H2. The molecule has 0 spiro atoms. The molecule has 0 bridgehead atoms. The molecule has 0 atom stereocenters. The third kappa shape index (κ3) is 4.44. The van der Waals surface area contributed by atoms with Gasteiger partial charge in [-0.25, -0.2) is 0 Å². The second-order valence-electron chi connectivity index (χ2n) is 0.777. The van der Waals surface area contributed by atoms with Gasteiger partial charge in [0.1, 0.15) is 0 Å². The molecule has 0 amide bonds. The summed E-state index contributed by atoms with van der Waals surface area (Å²) in [6, 6.07) is 0. The second-order valence-corrected chi connectivity index (χ2v) is 2.46. The zero-order valence-electron chi connectivity index (χ0n) is 3.52. The molecular weight excluding hydrogens is 112 g/mol. The van der Waals surface area contributed by atoms with Crippen LogP contribution in [0.25, 0.3) is 0 Å². The Hall–Kier alpha value is 0.440. The van der Waals surface area contributed by atoms with Crippen LogP contribution in [0.4, 0.5) is 0 Å². The highest BCUT2D eigenvalue weighted by Gasteiger charge is 1.72. The molecule has 0 nitrogen and oxygen atoms in total. The van der Waals surface area contributed by atoms with Gasteiger partial charge >= 0.3 is 0 Å². The van der Waals surface area contributed by atoms with E-state index in [1.807, 2.05) is 6.08 Å². The number of rotatable bonds is 3. The van der Waals surface area contributed by atoms with Crippen molar-refractivity contribution in [3.05, 3.63) is 12.7 Å². The van der Waals surface area contributed by atoms with Crippen LogP contribution in [0, 0.1) is 0 Å². The lowest BCUT2D eigenvalue weighted by molar-refractivity contribution is 1.82. The van der Waals surface area contributed by atoms with E-state index in [1.165, 1.54) is 0 Å². The van der Waals surface area contributed by atoms with E-state index in [1.54, 1.807) is 11.8 Å². The van der Waals surface area contributed by atoms with Crippen molar-refractivity contribution in [3.63, 3.8) is 0 Å². The Bertz CT molecular complexity index is 34.5. The topological polar surface area (TPSA) is 0 Å². The predicted molar refractivity (Wildman–Crippen MR) is 35.1 cm³/mol. The Balaban J connectivity index is 2.49. The van der Waals surface area contributed by atoms with Crippen LogP contribution in [0.3, 0.4) is 0 Å². The van der Waals surface area contributed by atoms with Gasteiger partial charge in [0.05, 0.1) is 0 Å². The quantitative estimate of drug-likeness (QED) is 0.405. The van der Waals surface area contributed by atoms with Crippen LogP contribution in [0.5, 0.6) is 0 Å². The molecule has 0 aromatic heterocycles. The van der Waals surface area contributed by atoms with E-state index in [-0.39, 0.29) is 0 Å². The van der Waals surface area contributed by atoms with Crippen LogP contribution in [-0.4, -0.2) is 10.8 Å². The van der Waals surface area contributed by atoms with Crippen molar-refractivity contribution in [1.29, 1.82) is 0 Å². The molecule has 0 aliphatic rings. The normalized spacial score (nSPS) is 8.17. The first-order valence-corrected chi connectivity index (χ1v) is 3.41. The van der Waals surface area contributed by atoms with Gasteiger partial charge in [0.25, 0.3) is 0 Å². The SMILES string of the molecule is C=CCSC[S]. The molecule has 0 saturated carbocycles. The van der Waals surface area contributed by atoms with Gasteiger partial charge in [0, 0.05) is 10.8 Å². The third-order valence-corrected chi connectivity index (χ3v) is 1.46. The van der Waals surface area contributed by atoms with E-state index < -0.39 is 0 Å². The van der Waals surface area contributed by atoms with Crippen LogP contribution in [0.2, 0.25) is 0 Å². The molecule has 1 radical (unpaired) electrons. The fourth-order valence-electron chi connectivity index (χ4n) is 0.131. The highest BCUT2D eigenvalue weighted by Crippen LogP contribution is 1.99. The molecular formula is C4H7S2. The van der Waals surface area contributed by atoms with E-state index in [9.17, 15) is 0 Å². The van der Waals surface area contributed by atoms with Crippen molar-refractivity contribution in [3.8, 4) is 0 Å². The monoisotopic (exact) mass is 119 g/mol. The van der Waals surface area contributed by atoms with Crippen molar-refractivity contribution in [1.82, 2.24) is 0 Å². The van der Waals surface area contributed by atoms with Crippen molar-refractivity contribution in [2.24, 2.45) is 0 Å². The molecule has 0 aliphatic heterocycles. The molecule has 6 heavy (non-hydrogen) atoms. The Kier molecular flexibility index (Phi) is 5.84. The Morgan fingerprint density at radius 2 is 2.50 bits per heavy atom. The van der Waals surface area contributed by atoms with Crippen molar-refractivity contribution < 1.29 is 0 Å². The van der Waals surface area contributed by atoms with Gasteiger partial charge in [-0.05, 0) is 0 Å². The summed E-state index contributed by atoms with van der Waals surface area (Å²) >= 11 is 6.34. The predicted octanol–water partition coefficient (Wildman–Crippen LogP) is 2.06. The Labute approximate surface area is 48.4 Å². The van der Waals surface area contributed by atoms with Gasteiger partial charge in [0.15, 0.2) is 0 Å². The van der Waals surface area contributed by atoms with Crippen LogP contribution >= 0.6 is 24.4 Å². The molecule has 0 saturated heterocycles. The second kappa shape index (κ2) is 5.44. The van der Waals surface area contributed by atoms with Gasteiger partial charge < -0.3 is 0 Å². The first kappa shape index (κ1) is 6.44. The molecule has 0 N–H and O–H groups in total. The fraction of sp³-hybridized carbons (Fsp3) is 0.500. The van der Waals surface area contributed by atoms with E-state index in [0.29, 0.717) is 0 Å². The summed E-state index contributed by atoms with van der Waals surface area (Å²) in [5.74, 6) is 0.990. The van der Waals surface area contributed by atoms with Gasteiger partial charge in [-0.2, -0.15) is 0 Å². The van der Waals surface area contributed by atoms with Gasteiger partial charge in [0.2, 0.25) is 0 Å². The van der Waals surface area contributed by atoms with Gasteiger partial charge in [-0.15, -0.1) is 18.3 Å². The van der Waals surface area contributed by atoms with Crippen LogP contribution < -0.4 is 0 Å². The lowest BCUT2D eigenvalue weighted by Crippen LogP contribution is -1.64. The maximum absolute atomic E-state index is 4.63. The molecule has 0 unspecified atom stereocenters. The molecule has 2 heteroatoms. The van der Waals surface area contributed by atoms with Gasteiger partial charge in [-0.1, -0.05) is 18.7 Å². The van der Waals surface area contributed by atoms with E-state index >= 15 is 0 Å². The molecule has 0 heterocycles. The van der Waals surface area contributed by atoms with E-state index in [0.717, 1.165) is 10.8 Å². The zero-order chi connectivity index (χ0) is 4.83. The lowest BCUT2D eigenvalue weighted by atomic mass is 10.8. The van der Waals surface area contributed by atoms with Crippen molar-refractivity contribution in [2.75, 3.05) is 10.8 Å². The summed E-state index contributed by atoms with van der Waals surface area (Å²) in [5, 5.41) is 0.784. The molecule has 0 fully saturated rings. The maximum atomic E-state index is 4.63. The Morgan fingerprint density at radius 3 is 2.67 bits per heavy atom. The van der Waals surface area contributed by atoms with Crippen molar-refractivity contribution in [2.45, 2.75) is 0 Å². The van der Waals surface area contributed by atoms with Crippen molar-refractivity contribution >= 4 is 24.4 Å². The Morgan fingerprint density at radius 1 is 1.83 bits per heavy atom. The lowest BCUT2D eigenvalue weighted by Gasteiger charge is -1.81. The third-order valence-electron chi connectivity index (χ3n) is 0.319. The molecule has 0 aliphatic carbocycles. The average molecular weight is 119 g/mol. The number of hydrogen-bond acceptors (Lipinski definition) is 1. The van der Waals surface area contributed by atoms with E-state index in [2.05, 4.69) is 19.2 Å². The largest absolute Gasteiger partial charge is 0.146 e. The summed E-state index contributed by atoms with van der Waals surface area (Å²) in [7, 11) is 0. The molecule has 0 aromatic rings. The number of thioether (sulfide) groups is 1. The summed E-state index contributed by atoms with van der Waals surface area (Å²) < 4.78 is 0. The number of hydrogen-bond donors (Lipinski definition) is 0. The minimum atomic E-state index is 0.784. The summed E-state index contributed by atoms with van der Waals surface area (Å²) in [6.45, 7) is 3.53. The smallest absolute Gasteiger partial charge is 0.0499 e. The molecule has 35 valence electrons. The minimum Gasteiger partial charge on any atom is -0.146 e. The summed E-state index contributed by atoms with van der Waals surface area (Å²) in [5.41, 5.74) is 0. The first-order valence-electron chi connectivity index (χ1n) is 1.68. The molecule has 0 aromatic carbocycles. The highest BCUT2D eigenvalue weighted by atomic mass is 32.2. The summed E-state index contributed by atoms with van der Waals surface area (Å²) in [6.07, 6.45) is 1.86. The average Bonchev–Trinajstić information content (AvgIpc) is 1.61. The zero-order valence-corrected chi connectivity index (χ0v) is 5.15. The van der Waals surface area contributed by atoms with Crippen LogP contribution in [0.1, 0.15) is 0 Å². The van der Waals surface area contributed by atoms with Crippen LogP contribution in [-0.2, 0) is 0 Å². The molecule has 0 rings (SSSR count). The van der Waals surface area contributed by atoms with Crippen LogP contribution in [0.15, 0.2) is 12.7 Å².